The highest BCUT2D eigenvalue weighted by Gasteiger charge is 2.26. The Labute approximate surface area is 132 Å². The molecule has 1 unspecified atom stereocenters. The molecule has 21 heavy (non-hydrogen) atoms. The van der Waals surface area contributed by atoms with E-state index >= 15 is 0 Å². The zero-order chi connectivity index (χ0) is 15.2. The van der Waals surface area contributed by atoms with Gasteiger partial charge in [0.25, 0.3) is 0 Å². The molecular formula is C14H16Cl2N2O3. The molecule has 1 fully saturated rings. The van der Waals surface area contributed by atoms with Crippen LogP contribution >= 0.6 is 23.2 Å². The molecule has 2 rings (SSSR count). The summed E-state index contributed by atoms with van der Waals surface area (Å²) in [5.41, 5.74) is 0.843. The minimum atomic E-state index is -0.414. The van der Waals surface area contributed by atoms with Crippen LogP contribution in [0.5, 0.6) is 0 Å². The molecule has 1 atom stereocenters. The molecule has 1 heterocycles. The molecule has 0 aromatic heterocycles. The fourth-order valence-electron chi connectivity index (χ4n) is 2.00. The van der Waals surface area contributed by atoms with Gasteiger partial charge < -0.3 is 15.4 Å². The van der Waals surface area contributed by atoms with Gasteiger partial charge in [-0.25, -0.2) is 0 Å². The quantitative estimate of drug-likeness (QED) is 0.783. The van der Waals surface area contributed by atoms with Crippen LogP contribution in [0.3, 0.4) is 0 Å². The second kappa shape index (κ2) is 7.64. The highest BCUT2D eigenvalue weighted by atomic mass is 35.5. The summed E-state index contributed by atoms with van der Waals surface area (Å²) in [5, 5.41) is 6.47. The van der Waals surface area contributed by atoms with E-state index in [1.54, 1.807) is 18.2 Å². The van der Waals surface area contributed by atoms with Gasteiger partial charge in [-0.1, -0.05) is 29.3 Å². The summed E-state index contributed by atoms with van der Waals surface area (Å²) in [5.74, 6) is -0.252. The third-order valence-corrected chi connectivity index (χ3v) is 3.72. The normalized spacial score (nSPS) is 17.6. The van der Waals surface area contributed by atoms with Crippen LogP contribution < -0.4 is 10.6 Å². The van der Waals surface area contributed by atoms with Gasteiger partial charge in [-0.05, 0) is 24.1 Å². The number of halogens is 2. The topological polar surface area (TPSA) is 67.4 Å². The van der Waals surface area contributed by atoms with Crippen LogP contribution in [0.2, 0.25) is 10.0 Å². The van der Waals surface area contributed by atoms with Gasteiger partial charge in [0.2, 0.25) is 11.8 Å². The monoisotopic (exact) mass is 330 g/mol. The second-order valence-corrected chi connectivity index (χ2v) is 5.58. The summed E-state index contributed by atoms with van der Waals surface area (Å²) in [7, 11) is 0. The molecule has 1 aliphatic heterocycles. The van der Waals surface area contributed by atoms with Crippen molar-refractivity contribution in [3.63, 3.8) is 0 Å². The number of benzene rings is 1. The number of hydrogen-bond donors (Lipinski definition) is 2. The van der Waals surface area contributed by atoms with Crippen molar-refractivity contribution in [1.82, 2.24) is 10.6 Å². The molecule has 7 heteroatoms. The van der Waals surface area contributed by atoms with Gasteiger partial charge >= 0.3 is 0 Å². The number of amides is 2. The molecule has 1 aliphatic rings. The number of carbonyl (C=O) groups excluding carboxylic acids is 2. The van der Waals surface area contributed by atoms with Gasteiger partial charge in [0.1, 0.15) is 6.04 Å². The average Bonchev–Trinajstić information content (AvgIpc) is 2.87. The number of nitrogens with one attached hydrogen (secondary N) is 2. The Hall–Kier alpha value is -1.30. The van der Waals surface area contributed by atoms with Crippen molar-refractivity contribution >= 4 is 35.0 Å². The van der Waals surface area contributed by atoms with Crippen LogP contribution in [0.15, 0.2) is 18.2 Å². The van der Waals surface area contributed by atoms with Crippen LogP contribution in [0.4, 0.5) is 0 Å². The van der Waals surface area contributed by atoms with Crippen LogP contribution in [0.1, 0.15) is 18.4 Å². The minimum Gasteiger partial charge on any atom is -0.375 e. The van der Waals surface area contributed by atoms with Crippen molar-refractivity contribution in [1.29, 1.82) is 0 Å². The number of rotatable bonds is 6. The molecule has 114 valence electrons. The summed E-state index contributed by atoms with van der Waals surface area (Å²) in [6.07, 6.45) is 0.954. The van der Waals surface area contributed by atoms with Gasteiger partial charge in [0.15, 0.2) is 0 Å². The third-order valence-electron chi connectivity index (χ3n) is 3.13. The zero-order valence-electron chi connectivity index (χ0n) is 11.3. The van der Waals surface area contributed by atoms with Gasteiger partial charge in [0.05, 0.1) is 13.2 Å². The fourth-order valence-corrected chi connectivity index (χ4v) is 2.46. The summed E-state index contributed by atoms with van der Waals surface area (Å²) in [6.45, 7) is 1.10. The minimum absolute atomic E-state index is 0.0798. The van der Waals surface area contributed by atoms with Gasteiger partial charge in [-0.2, -0.15) is 0 Å². The van der Waals surface area contributed by atoms with Crippen LogP contribution in [0.25, 0.3) is 0 Å². The predicted molar refractivity (Wildman–Crippen MR) is 80.3 cm³/mol. The summed E-state index contributed by atoms with van der Waals surface area (Å²) in [4.78, 5) is 22.7. The van der Waals surface area contributed by atoms with E-state index in [-0.39, 0.29) is 11.8 Å². The maximum atomic E-state index is 11.7. The Morgan fingerprint density at radius 3 is 2.90 bits per heavy atom. The summed E-state index contributed by atoms with van der Waals surface area (Å²) >= 11 is 11.8. The van der Waals surface area contributed by atoms with Crippen molar-refractivity contribution in [3.05, 3.63) is 33.8 Å². The fraction of sp³-hybridized carbons (Fsp3) is 0.429. The number of ether oxygens (including phenoxy) is 1. The highest BCUT2D eigenvalue weighted by Crippen LogP contribution is 2.21. The first-order chi connectivity index (χ1) is 10.1. The van der Waals surface area contributed by atoms with E-state index < -0.39 is 6.04 Å². The van der Waals surface area contributed by atoms with E-state index in [1.165, 1.54) is 0 Å². The maximum Gasteiger partial charge on any atom is 0.242 e. The van der Waals surface area contributed by atoms with E-state index in [9.17, 15) is 9.59 Å². The molecule has 0 saturated carbocycles. The molecular weight excluding hydrogens is 315 g/mol. The molecule has 2 amide bonds. The molecule has 0 aliphatic carbocycles. The van der Waals surface area contributed by atoms with Gasteiger partial charge in [-0.15, -0.1) is 0 Å². The molecule has 0 bridgehead atoms. The maximum absolute atomic E-state index is 11.7. The molecule has 1 saturated heterocycles. The zero-order valence-corrected chi connectivity index (χ0v) is 12.8. The highest BCUT2D eigenvalue weighted by molar-refractivity contribution is 6.35. The largest absolute Gasteiger partial charge is 0.375 e. The van der Waals surface area contributed by atoms with E-state index in [2.05, 4.69) is 10.6 Å². The molecule has 5 nitrogen and oxygen atoms in total. The van der Waals surface area contributed by atoms with Crippen LogP contribution in [0, 0.1) is 0 Å². The van der Waals surface area contributed by atoms with Crippen molar-refractivity contribution in [2.75, 3.05) is 13.2 Å². The summed E-state index contributed by atoms with van der Waals surface area (Å²) < 4.78 is 5.44. The predicted octanol–water partition coefficient (Wildman–Crippen LogP) is 1.90. The van der Waals surface area contributed by atoms with E-state index in [0.717, 1.165) is 5.56 Å². The van der Waals surface area contributed by atoms with Crippen molar-refractivity contribution < 1.29 is 14.3 Å². The lowest BCUT2D eigenvalue weighted by Gasteiger charge is -2.11. The molecule has 2 N–H and O–H groups in total. The number of hydrogen-bond acceptors (Lipinski definition) is 3. The smallest absolute Gasteiger partial charge is 0.242 e. The van der Waals surface area contributed by atoms with Gasteiger partial charge in [-0.3, -0.25) is 9.59 Å². The average molecular weight is 331 g/mol. The van der Waals surface area contributed by atoms with E-state index in [4.69, 9.17) is 27.9 Å². The Morgan fingerprint density at radius 1 is 1.43 bits per heavy atom. The lowest BCUT2D eigenvalue weighted by Crippen LogP contribution is -2.42. The Kier molecular flexibility index (Phi) is 5.85. The van der Waals surface area contributed by atoms with Crippen molar-refractivity contribution in [3.8, 4) is 0 Å². The van der Waals surface area contributed by atoms with E-state index in [1.807, 2.05) is 0 Å². The van der Waals surface area contributed by atoms with Crippen LogP contribution in [-0.2, 0) is 20.9 Å². The standard InChI is InChI=1S/C14H16Cl2N2O3/c15-10-2-1-9(11(16)7-10)8-21-6-5-17-14(20)12-3-4-13(19)18-12/h1-2,7,12H,3-6,8H2,(H,17,20)(H,18,19). The van der Waals surface area contributed by atoms with Crippen molar-refractivity contribution in [2.24, 2.45) is 0 Å². The lowest BCUT2D eigenvalue weighted by molar-refractivity contribution is -0.125. The first kappa shape index (κ1) is 16.1. The summed E-state index contributed by atoms with van der Waals surface area (Å²) in [6, 6.07) is 4.79. The molecule has 1 aromatic rings. The Balaban J connectivity index is 1.63. The SMILES string of the molecule is O=C1CCC(C(=O)NCCOCc2ccc(Cl)cc2Cl)N1. The Bertz CT molecular complexity index is 537. The molecule has 0 spiro atoms. The number of carbonyl (C=O) groups is 2. The first-order valence-corrected chi connectivity index (χ1v) is 7.40. The van der Waals surface area contributed by atoms with Gasteiger partial charge in [0, 0.05) is 23.0 Å². The lowest BCUT2D eigenvalue weighted by atomic mass is 10.2. The first-order valence-electron chi connectivity index (χ1n) is 6.65. The second-order valence-electron chi connectivity index (χ2n) is 4.74. The molecule has 0 radical (unpaired) electrons. The van der Waals surface area contributed by atoms with Crippen LogP contribution in [-0.4, -0.2) is 31.0 Å². The van der Waals surface area contributed by atoms with E-state index in [0.29, 0.717) is 42.6 Å². The Morgan fingerprint density at radius 2 is 2.24 bits per heavy atom. The molecule has 1 aromatic carbocycles. The third kappa shape index (κ3) is 4.88. The van der Waals surface area contributed by atoms with Crippen molar-refractivity contribution in [2.45, 2.75) is 25.5 Å².